The molecule has 0 aromatic heterocycles. The van der Waals surface area contributed by atoms with Crippen molar-refractivity contribution in [1.29, 1.82) is 0 Å². The van der Waals surface area contributed by atoms with E-state index in [1.807, 2.05) is 77.9 Å². The molecule has 36 heavy (non-hydrogen) atoms. The van der Waals surface area contributed by atoms with Crippen LogP contribution in [0.1, 0.15) is 41.5 Å². The molecule has 0 atom stereocenters. The van der Waals surface area contributed by atoms with Crippen molar-refractivity contribution in [3.63, 3.8) is 0 Å². The van der Waals surface area contributed by atoms with Gasteiger partial charge in [-0.2, -0.15) is 0 Å². The molecule has 6 aromatic carbocycles. The second-order valence-corrected chi connectivity index (χ2v) is 7.05. The van der Waals surface area contributed by atoms with Gasteiger partial charge in [0.1, 0.15) is 0 Å². The topological polar surface area (TPSA) is 0 Å². The lowest BCUT2D eigenvalue weighted by Crippen LogP contribution is -1.74. The van der Waals surface area contributed by atoms with Gasteiger partial charge in [0.05, 0.1) is 0 Å². The van der Waals surface area contributed by atoms with Gasteiger partial charge in [-0.25, -0.2) is 0 Å². The third kappa shape index (κ3) is 10.2. The molecule has 0 unspecified atom stereocenters. The number of hydrogen-bond acceptors (Lipinski definition) is 0. The second kappa shape index (κ2) is 19.4. The lowest BCUT2D eigenvalue weighted by molar-refractivity contribution is 1.50. The zero-order valence-corrected chi connectivity index (χ0v) is 22.9. The Morgan fingerprint density at radius 2 is 0.389 bits per heavy atom. The number of rotatable bonds is 0. The summed E-state index contributed by atoms with van der Waals surface area (Å²) in [4.78, 5) is 0. The standard InChI is InChI=1S/C14H10.C10H8.C6H6.3C2H6/c1-2-6-12-10-14-8-4-3-7-13(14)9-11(12)5-1;1-2-6-10-8-4-3-7-9(10)5-1;1-2-4-6-5-3-1;3*1-2/h1-10H;1-8H;1-6H;3*1-2H3. The van der Waals surface area contributed by atoms with Crippen LogP contribution in [0, 0.1) is 0 Å². The Kier molecular flexibility index (Phi) is 16.2. The van der Waals surface area contributed by atoms with E-state index in [2.05, 4.69) is 109 Å². The summed E-state index contributed by atoms with van der Waals surface area (Å²) in [6.45, 7) is 12.0. The molecular weight excluding hydrogens is 432 g/mol. The highest BCUT2D eigenvalue weighted by Crippen LogP contribution is 2.22. The Hall–Kier alpha value is -3.90. The minimum absolute atomic E-state index is 1.31. The average Bonchev–Trinajstić information content (AvgIpc) is 3.01. The summed E-state index contributed by atoms with van der Waals surface area (Å²) in [5, 5.41) is 7.87. The maximum absolute atomic E-state index is 2.24. The molecule has 0 saturated carbocycles. The van der Waals surface area contributed by atoms with Crippen LogP contribution in [0.3, 0.4) is 0 Å². The summed E-state index contributed by atoms with van der Waals surface area (Å²) < 4.78 is 0. The van der Waals surface area contributed by atoms with Crippen LogP contribution in [0.4, 0.5) is 0 Å². The van der Waals surface area contributed by atoms with Crippen LogP contribution in [0.2, 0.25) is 0 Å². The molecule has 0 fully saturated rings. The Morgan fingerprint density at radius 3 is 0.583 bits per heavy atom. The largest absolute Gasteiger partial charge is 0.0683 e. The second-order valence-electron chi connectivity index (χ2n) is 7.05. The fourth-order valence-corrected chi connectivity index (χ4v) is 3.40. The van der Waals surface area contributed by atoms with E-state index in [9.17, 15) is 0 Å². The molecule has 0 aliphatic rings. The van der Waals surface area contributed by atoms with E-state index in [1.165, 1.54) is 32.3 Å². The summed E-state index contributed by atoms with van der Waals surface area (Å²) in [6, 6.07) is 50.1. The maximum Gasteiger partial charge on any atom is -0.0178 e. The molecule has 0 saturated heterocycles. The molecule has 0 nitrogen and oxygen atoms in total. The van der Waals surface area contributed by atoms with E-state index in [4.69, 9.17) is 0 Å². The fraction of sp³-hybridized carbons (Fsp3) is 0.167. The van der Waals surface area contributed by atoms with Gasteiger partial charge >= 0.3 is 0 Å². The molecule has 0 radical (unpaired) electrons. The highest BCUT2D eigenvalue weighted by atomic mass is 14.0. The molecule has 0 amide bonds. The van der Waals surface area contributed by atoms with Crippen molar-refractivity contribution in [2.45, 2.75) is 41.5 Å². The highest BCUT2D eigenvalue weighted by Gasteiger charge is 1.95. The molecule has 6 rings (SSSR count). The van der Waals surface area contributed by atoms with Gasteiger partial charge in [-0.1, -0.05) is 175 Å². The first-order chi connectivity index (χ1) is 17.9. The monoisotopic (exact) mass is 474 g/mol. The third-order valence-electron chi connectivity index (χ3n) is 4.94. The van der Waals surface area contributed by atoms with Crippen molar-refractivity contribution in [1.82, 2.24) is 0 Å². The van der Waals surface area contributed by atoms with Crippen molar-refractivity contribution in [3.8, 4) is 0 Å². The van der Waals surface area contributed by atoms with Crippen LogP contribution in [0.25, 0.3) is 32.3 Å². The molecule has 186 valence electrons. The van der Waals surface area contributed by atoms with E-state index < -0.39 is 0 Å². The van der Waals surface area contributed by atoms with Gasteiger partial charge in [0.15, 0.2) is 0 Å². The van der Waals surface area contributed by atoms with Gasteiger partial charge in [0, 0.05) is 0 Å². The van der Waals surface area contributed by atoms with Gasteiger partial charge < -0.3 is 0 Å². The Bertz CT molecular complexity index is 1140. The van der Waals surface area contributed by atoms with Gasteiger partial charge in [-0.15, -0.1) is 0 Å². The minimum Gasteiger partial charge on any atom is -0.0683 e. The van der Waals surface area contributed by atoms with E-state index in [0.717, 1.165) is 0 Å². The van der Waals surface area contributed by atoms with Crippen LogP contribution >= 0.6 is 0 Å². The van der Waals surface area contributed by atoms with Crippen LogP contribution in [0.15, 0.2) is 146 Å². The van der Waals surface area contributed by atoms with Gasteiger partial charge in [-0.3, -0.25) is 0 Å². The molecule has 0 aliphatic carbocycles. The Morgan fingerprint density at radius 1 is 0.222 bits per heavy atom. The quantitative estimate of drug-likeness (QED) is 0.192. The summed E-state index contributed by atoms with van der Waals surface area (Å²) in [6.07, 6.45) is 0. The minimum atomic E-state index is 1.31. The molecule has 0 heteroatoms. The zero-order chi connectivity index (χ0) is 26.4. The zero-order valence-electron chi connectivity index (χ0n) is 22.9. The summed E-state index contributed by atoms with van der Waals surface area (Å²) in [7, 11) is 0. The first kappa shape index (κ1) is 30.1. The molecule has 0 aliphatic heterocycles. The summed E-state index contributed by atoms with van der Waals surface area (Å²) >= 11 is 0. The van der Waals surface area contributed by atoms with E-state index in [1.54, 1.807) is 0 Å². The lowest BCUT2D eigenvalue weighted by Gasteiger charge is -2.00. The van der Waals surface area contributed by atoms with Crippen molar-refractivity contribution in [2.24, 2.45) is 0 Å². The van der Waals surface area contributed by atoms with Crippen LogP contribution in [-0.2, 0) is 0 Å². The SMILES string of the molecule is CC.CC.CC.c1ccc2cc3ccccc3cc2c1.c1ccc2ccccc2c1.c1ccccc1. The summed E-state index contributed by atoms with van der Waals surface area (Å²) in [5.41, 5.74) is 0. The summed E-state index contributed by atoms with van der Waals surface area (Å²) in [5.74, 6) is 0. The van der Waals surface area contributed by atoms with E-state index >= 15 is 0 Å². The van der Waals surface area contributed by atoms with Crippen molar-refractivity contribution in [3.05, 3.63) is 146 Å². The average molecular weight is 475 g/mol. The van der Waals surface area contributed by atoms with E-state index in [0.29, 0.717) is 0 Å². The molecule has 0 heterocycles. The predicted molar refractivity (Wildman–Crippen MR) is 166 cm³/mol. The van der Waals surface area contributed by atoms with Crippen molar-refractivity contribution < 1.29 is 0 Å². The number of hydrogen-bond donors (Lipinski definition) is 0. The van der Waals surface area contributed by atoms with Gasteiger partial charge in [-0.05, 0) is 44.5 Å². The fourth-order valence-electron chi connectivity index (χ4n) is 3.40. The van der Waals surface area contributed by atoms with Crippen molar-refractivity contribution >= 4 is 32.3 Å². The molecule has 0 bridgehead atoms. The Balaban J connectivity index is 0.000000259. The smallest absolute Gasteiger partial charge is 0.0178 e. The highest BCUT2D eigenvalue weighted by molar-refractivity contribution is 5.98. The molecule has 0 N–H and O–H groups in total. The van der Waals surface area contributed by atoms with Crippen LogP contribution < -0.4 is 0 Å². The van der Waals surface area contributed by atoms with Crippen LogP contribution in [-0.4, -0.2) is 0 Å². The maximum atomic E-state index is 2.24. The van der Waals surface area contributed by atoms with Gasteiger partial charge in [0.2, 0.25) is 0 Å². The first-order valence-electron chi connectivity index (χ1n) is 13.2. The Labute approximate surface area is 219 Å². The van der Waals surface area contributed by atoms with Crippen LogP contribution in [0.5, 0.6) is 0 Å². The number of benzene rings is 6. The lowest BCUT2D eigenvalue weighted by atomic mass is 10.0. The third-order valence-corrected chi connectivity index (χ3v) is 4.94. The predicted octanol–water partition coefficient (Wildman–Crippen LogP) is 11.6. The van der Waals surface area contributed by atoms with Crippen molar-refractivity contribution in [2.75, 3.05) is 0 Å². The van der Waals surface area contributed by atoms with E-state index in [-0.39, 0.29) is 0 Å². The number of fused-ring (bicyclic) bond motifs is 3. The molecule has 6 aromatic rings. The molecular formula is C36H42. The van der Waals surface area contributed by atoms with Gasteiger partial charge in [0.25, 0.3) is 0 Å². The normalized spacial score (nSPS) is 8.83. The molecule has 0 spiro atoms. The first-order valence-corrected chi connectivity index (χ1v) is 13.2.